The molecule has 1 aromatic rings. The SMILES string of the molecule is COC(=O)C1=C(C(=O)OC)N(c2cc(F)c(N3CCC(O)CC3)c(F)c2)COC1. The number of nitrogens with zero attached hydrogens (tertiary/aromatic N) is 2. The van der Waals surface area contributed by atoms with Gasteiger partial charge in [-0.15, -0.1) is 0 Å². The summed E-state index contributed by atoms with van der Waals surface area (Å²) in [7, 11) is 2.28. The maximum Gasteiger partial charge on any atom is 0.355 e. The van der Waals surface area contributed by atoms with E-state index in [4.69, 9.17) is 9.47 Å². The molecule has 1 fully saturated rings. The highest BCUT2D eigenvalue weighted by atomic mass is 19.1. The fraction of sp³-hybridized carbons (Fsp3) is 0.474. The molecule has 0 saturated carbocycles. The number of methoxy groups -OCH3 is 2. The Kier molecular flexibility index (Phi) is 6.33. The molecule has 0 unspecified atom stereocenters. The van der Waals surface area contributed by atoms with Crippen molar-refractivity contribution in [2.75, 3.05) is 50.4 Å². The molecular weight excluding hydrogens is 390 g/mol. The van der Waals surface area contributed by atoms with E-state index in [1.54, 1.807) is 0 Å². The van der Waals surface area contributed by atoms with Gasteiger partial charge >= 0.3 is 11.9 Å². The number of carbonyl (C=O) groups excluding carboxylic acids is 2. The molecule has 3 rings (SSSR count). The molecule has 0 bridgehead atoms. The van der Waals surface area contributed by atoms with E-state index in [2.05, 4.69) is 4.74 Å². The van der Waals surface area contributed by atoms with Crippen molar-refractivity contribution in [2.24, 2.45) is 0 Å². The van der Waals surface area contributed by atoms with E-state index in [1.165, 1.54) is 4.90 Å². The fourth-order valence-corrected chi connectivity index (χ4v) is 3.45. The number of esters is 2. The maximum atomic E-state index is 14.8. The molecule has 0 aliphatic carbocycles. The van der Waals surface area contributed by atoms with E-state index in [0.717, 1.165) is 31.3 Å². The molecule has 1 N–H and O–H groups in total. The van der Waals surface area contributed by atoms with Crippen molar-refractivity contribution in [3.05, 3.63) is 35.0 Å². The topological polar surface area (TPSA) is 88.5 Å². The Morgan fingerprint density at radius 1 is 1.10 bits per heavy atom. The second-order valence-corrected chi connectivity index (χ2v) is 6.69. The Morgan fingerprint density at radius 2 is 1.69 bits per heavy atom. The summed E-state index contributed by atoms with van der Waals surface area (Å²) in [6, 6.07) is 2.13. The van der Waals surface area contributed by atoms with Gasteiger partial charge in [0.2, 0.25) is 0 Å². The van der Waals surface area contributed by atoms with Crippen LogP contribution in [-0.2, 0) is 23.8 Å². The van der Waals surface area contributed by atoms with Gasteiger partial charge in [-0.3, -0.25) is 0 Å². The summed E-state index contributed by atoms with van der Waals surface area (Å²) in [5.41, 5.74) is -0.517. The Hall–Kier alpha value is -2.72. The van der Waals surface area contributed by atoms with Crippen molar-refractivity contribution in [3.63, 3.8) is 0 Å². The highest BCUT2D eigenvalue weighted by molar-refractivity contribution is 6.03. The van der Waals surface area contributed by atoms with Crippen LogP contribution in [0.25, 0.3) is 0 Å². The molecule has 0 aromatic heterocycles. The highest BCUT2D eigenvalue weighted by Gasteiger charge is 2.33. The van der Waals surface area contributed by atoms with E-state index in [9.17, 15) is 23.5 Å². The van der Waals surface area contributed by atoms with Gasteiger partial charge in [0.25, 0.3) is 0 Å². The zero-order chi connectivity index (χ0) is 21.1. The number of hydrogen-bond donors (Lipinski definition) is 1. The predicted octanol–water partition coefficient (Wildman–Crippen LogP) is 1.32. The lowest BCUT2D eigenvalue weighted by atomic mass is 10.1. The molecule has 1 saturated heterocycles. The molecule has 0 radical (unpaired) electrons. The Bertz CT molecular complexity index is 813. The van der Waals surface area contributed by atoms with Gasteiger partial charge in [-0.25, -0.2) is 18.4 Å². The van der Waals surface area contributed by atoms with Crippen molar-refractivity contribution in [1.82, 2.24) is 0 Å². The normalized spacial score (nSPS) is 18.1. The minimum Gasteiger partial charge on any atom is -0.466 e. The van der Waals surface area contributed by atoms with Crippen LogP contribution in [0, 0.1) is 11.6 Å². The van der Waals surface area contributed by atoms with Crippen LogP contribution in [-0.4, -0.2) is 63.8 Å². The summed E-state index contributed by atoms with van der Waals surface area (Å²) in [5.74, 6) is -3.32. The zero-order valence-electron chi connectivity index (χ0n) is 16.1. The molecule has 0 atom stereocenters. The van der Waals surface area contributed by atoms with Gasteiger partial charge in [0.15, 0.2) is 11.6 Å². The number of ether oxygens (including phenoxy) is 3. The van der Waals surface area contributed by atoms with Crippen LogP contribution >= 0.6 is 0 Å². The van der Waals surface area contributed by atoms with Gasteiger partial charge in [-0.1, -0.05) is 0 Å². The van der Waals surface area contributed by atoms with Gasteiger partial charge in [0, 0.05) is 18.8 Å². The predicted molar refractivity (Wildman–Crippen MR) is 98.2 cm³/mol. The Morgan fingerprint density at radius 3 is 2.24 bits per heavy atom. The van der Waals surface area contributed by atoms with Gasteiger partial charge in [0.1, 0.15) is 18.1 Å². The molecule has 2 aliphatic rings. The molecule has 0 amide bonds. The number of carbonyl (C=O) groups is 2. The number of anilines is 2. The number of halogens is 2. The first-order chi connectivity index (χ1) is 13.9. The monoisotopic (exact) mass is 412 g/mol. The van der Waals surface area contributed by atoms with Crippen LogP contribution in [0.4, 0.5) is 20.2 Å². The third-order valence-electron chi connectivity index (χ3n) is 4.93. The van der Waals surface area contributed by atoms with E-state index < -0.39 is 29.7 Å². The smallest absolute Gasteiger partial charge is 0.355 e. The van der Waals surface area contributed by atoms with Gasteiger partial charge in [-0.05, 0) is 25.0 Å². The van der Waals surface area contributed by atoms with E-state index in [0.29, 0.717) is 25.9 Å². The van der Waals surface area contributed by atoms with E-state index in [1.807, 2.05) is 0 Å². The Balaban J connectivity index is 2.00. The molecular formula is C19H22F2N2O6. The first kappa shape index (κ1) is 21.0. The van der Waals surface area contributed by atoms with Gasteiger partial charge < -0.3 is 29.1 Å². The number of piperidine rings is 1. The molecule has 29 heavy (non-hydrogen) atoms. The van der Waals surface area contributed by atoms with Crippen LogP contribution in [0.5, 0.6) is 0 Å². The van der Waals surface area contributed by atoms with Crippen molar-refractivity contribution in [1.29, 1.82) is 0 Å². The summed E-state index contributed by atoms with van der Waals surface area (Å²) < 4.78 is 44.4. The molecule has 0 spiro atoms. The number of hydrogen-bond acceptors (Lipinski definition) is 8. The van der Waals surface area contributed by atoms with Crippen molar-refractivity contribution in [2.45, 2.75) is 18.9 Å². The second kappa shape index (κ2) is 8.75. The average Bonchev–Trinajstić information content (AvgIpc) is 2.72. The third-order valence-corrected chi connectivity index (χ3v) is 4.93. The third kappa shape index (κ3) is 4.18. The maximum absolute atomic E-state index is 14.8. The highest BCUT2D eigenvalue weighted by Crippen LogP contribution is 2.34. The quantitative estimate of drug-likeness (QED) is 0.741. The van der Waals surface area contributed by atoms with Crippen LogP contribution in [0.3, 0.4) is 0 Å². The zero-order valence-corrected chi connectivity index (χ0v) is 16.1. The van der Waals surface area contributed by atoms with Crippen LogP contribution in [0.1, 0.15) is 12.8 Å². The molecule has 10 heteroatoms. The molecule has 2 heterocycles. The summed E-state index contributed by atoms with van der Waals surface area (Å²) in [6.45, 7) is 0.230. The average molecular weight is 412 g/mol. The standard InChI is InChI=1S/C19H22F2N2O6/c1-27-18(25)13-9-29-10-23(16(13)19(26)28-2)11-7-14(20)17(15(21)8-11)22-5-3-12(24)4-6-22/h7-8,12,24H,3-6,9-10H2,1-2H3. The lowest BCUT2D eigenvalue weighted by Crippen LogP contribution is -2.39. The van der Waals surface area contributed by atoms with Crippen LogP contribution in [0.2, 0.25) is 0 Å². The summed E-state index contributed by atoms with van der Waals surface area (Å²) in [4.78, 5) is 27.0. The van der Waals surface area contributed by atoms with Gasteiger partial charge in [0.05, 0.1) is 32.5 Å². The van der Waals surface area contributed by atoms with Crippen molar-refractivity contribution in [3.8, 4) is 0 Å². The van der Waals surface area contributed by atoms with Crippen LogP contribution in [0.15, 0.2) is 23.4 Å². The number of aliphatic hydroxyl groups is 1. The molecule has 2 aliphatic heterocycles. The Labute approximate surface area is 166 Å². The lowest BCUT2D eigenvalue weighted by Gasteiger charge is -2.34. The lowest BCUT2D eigenvalue weighted by molar-refractivity contribution is -0.140. The number of rotatable bonds is 4. The summed E-state index contributed by atoms with van der Waals surface area (Å²) in [5, 5.41) is 9.60. The summed E-state index contributed by atoms with van der Waals surface area (Å²) >= 11 is 0. The first-order valence-corrected chi connectivity index (χ1v) is 9.04. The minimum atomic E-state index is -0.858. The molecule has 1 aromatic carbocycles. The molecule has 158 valence electrons. The first-order valence-electron chi connectivity index (χ1n) is 9.04. The second-order valence-electron chi connectivity index (χ2n) is 6.69. The van der Waals surface area contributed by atoms with E-state index in [-0.39, 0.29) is 36.0 Å². The number of aliphatic hydroxyl groups excluding tert-OH is 1. The van der Waals surface area contributed by atoms with Crippen molar-refractivity contribution >= 4 is 23.3 Å². The van der Waals surface area contributed by atoms with E-state index >= 15 is 0 Å². The van der Waals surface area contributed by atoms with Crippen LogP contribution < -0.4 is 9.80 Å². The summed E-state index contributed by atoms with van der Waals surface area (Å²) in [6.07, 6.45) is 0.350. The largest absolute Gasteiger partial charge is 0.466 e. The number of benzene rings is 1. The fourth-order valence-electron chi connectivity index (χ4n) is 3.45. The minimum absolute atomic E-state index is 0.0118. The van der Waals surface area contributed by atoms with Crippen molar-refractivity contribution < 1.29 is 37.7 Å². The van der Waals surface area contributed by atoms with Gasteiger partial charge in [-0.2, -0.15) is 0 Å². The molecule has 8 nitrogen and oxygen atoms in total.